The Labute approximate surface area is 114 Å². The molecule has 4 nitrogen and oxygen atoms in total. The number of nitrogens with two attached hydrogens (primary N) is 1. The molecule has 104 valence electrons. The molecule has 18 heavy (non-hydrogen) atoms. The SMILES string of the molecule is CC(C)C(C)(C)CNS(=O)(=O)c1csc(CN)c1. The topological polar surface area (TPSA) is 72.2 Å². The predicted molar refractivity (Wildman–Crippen MR) is 76.0 cm³/mol. The molecule has 0 atom stereocenters. The molecule has 0 saturated carbocycles. The van der Waals surface area contributed by atoms with Crippen molar-refractivity contribution in [2.45, 2.75) is 39.1 Å². The molecular weight excluding hydrogens is 268 g/mol. The molecule has 0 bridgehead atoms. The molecule has 3 N–H and O–H groups in total. The summed E-state index contributed by atoms with van der Waals surface area (Å²) in [4.78, 5) is 1.19. The number of hydrogen-bond donors (Lipinski definition) is 2. The Balaban J connectivity index is 2.77. The van der Waals surface area contributed by atoms with Gasteiger partial charge in [-0.15, -0.1) is 11.3 Å². The van der Waals surface area contributed by atoms with Crippen LogP contribution in [-0.4, -0.2) is 15.0 Å². The molecule has 1 heterocycles. The Bertz CT molecular complexity index is 490. The number of nitrogens with one attached hydrogen (secondary N) is 1. The molecule has 0 aromatic carbocycles. The molecular formula is C12H22N2O2S2. The Hall–Kier alpha value is -0.430. The third-order valence-corrected chi connectivity index (χ3v) is 5.91. The predicted octanol–water partition coefficient (Wildman–Crippen LogP) is 2.17. The van der Waals surface area contributed by atoms with Crippen LogP contribution < -0.4 is 10.5 Å². The van der Waals surface area contributed by atoms with E-state index < -0.39 is 10.0 Å². The average molecular weight is 290 g/mol. The molecule has 0 unspecified atom stereocenters. The number of sulfonamides is 1. The minimum absolute atomic E-state index is 0.0697. The normalized spacial score (nSPS) is 13.2. The number of rotatable bonds is 6. The maximum atomic E-state index is 12.1. The van der Waals surface area contributed by atoms with Gasteiger partial charge in [0.2, 0.25) is 10.0 Å². The van der Waals surface area contributed by atoms with Gasteiger partial charge in [0.05, 0.1) is 4.90 Å². The lowest BCUT2D eigenvalue weighted by molar-refractivity contribution is 0.252. The zero-order chi connectivity index (χ0) is 14.0. The maximum absolute atomic E-state index is 12.1. The van der Waals surface area contributed by atoms with Crippen LogP contribution in [-0.2, 0) is 16.6 Å². The number of thiophene rings is 1. The summed E-state index contributed by atoms with van der Waals surface area (Å²) in [6.07, 6.45) is 0. The minimum atomic E-state index is -3.41. The van der Waals surface area contributed by atoms with Gasteiger partial charge in [-0.3, -0.25) is 0 Å². The van der Waals surface area contributed by atoms with E-state index in [0.29, 0.717) is 23.9 Å². The molecule has 1 rings (SSSR count). The first kappa shape index (κ1) is 15.6. The second-order valence-electron chi connectivity index (χ2n) is 5.42. The van der Waals surface area contributed by atoms with E-state index in [-0.39, 0.29) is 5.41 Å². The van der Waals surface area contributed by atoms with Gasteiger partial charge in [0.25, 0.3) is 0 Å². The Kier molecular flexibility index (Phi) is 4.94. The second-order valence-corrected chi connectivity index (χ2v) is 8.18. The van der Waals surface area contributed by atoms with Gasteiger partial charge in [-0.25, -0.2) is 13.1 Å². The zero-order valence-electron chi connectivity index (χ0n) is 11.4. The van der Waals surface area contributed by atoms with Crippen molar-refractivity contribution >= 4 is 21.4 Å². The van der Waals surface area contributed by atoms with Crippen molar-refractivity contribution in [3.8, 4) is 0 Å². The van der Waals surface area contributed by atoms with E-state index in [1.165, 1.54) is 11.3 Å². The van der Waals surface area contributed by atoms with E-state index in [4.69, 9.17) is 5.73 Å². The van der Waals surface area contributed by atoms with Crippen LogP contribution >= 0.6 is 11.3 Å². The van der Waals surface area contributed by atoms with Crippen LogP contribution in [0.1, 0.15) is 32.6 Å². The first-order chi connectivity index (χ1) is 8.19. The fraction of sp³-hybridized carbons (Fsp3) is 0.667. The van der Waals surface area contributed by atoms with Gasteiger partial charge in [-0.2, -0.15) is 0 Å². The van der Waals surface area contributed by atoms with Gasteiger partial charge in [-0.1, -0.05) is 27.7 Å². The van der Waals surface area contributed by atoms with E-state index in [2.05, 4.69) is 32.4 Å². The van der Waals surface area contributed by atoms with Gasteiger partial charge in [0, 0.05) is 23.3 Å². The van der Waals surface area contributed by atoms with Crippen LogP contribution in [0.25, 0.3) is 0 Å². The maximum Gasteiger partial charge on any atom is 0.241 e. The molecule has 0 radical (unpaired) electrons. The van der Waals surface area contributed by atoms with Crippen LogP contribution in [0.4, 0.5) is 0 Å². The highest BCUT2D eigenvalue weighted by molar-refractivity contribution is 7.89. The van der Waals surface area contributed by atoms with Crippen LogP contribution in [0.2, 0.25) is 0 Å². The van der Waals surface area contributed by atoms with Crippen molar-refractivity contribution in [3.63, 3.8) is 0 Å². The summed E-state index contributed by atoms with van der Waals surface area (Å²) in [5.41, 5.74) is 5.41. The van der Waals surface area contributed by atoms with E-state index in [0.717, 1.165) is 4.88 Å². The lowest BCUT2D eigenvalue weighted by Crippen LogP contribution is -2.36. The fourth-order valence-corrected chi connectivity index (χ4v) is 3.56. The highest BCUT2D eigenvalue weighted by Crippen LogP contribution is 2.26. The van der Waals surface area contributed by atoms with Crippen LogP contribution in [0, 0.1) is 11.3 Å². The van der Waals surface area contributed by atoms with Crippen LogP contribution in [0.5, 0.6) is 0 Å². The molecule has 0 fully saturated rings. The lowest BCUT2D eigenvalue weighted by Gasteiger charge is -2.29. The lowest BCUT2D eigenvalue weighted by atomic mass is 9.81. The minimum Gasteiger partial charge on any atom is -0.326 e. The molecule has 0 aliphatic carbocycles. The molecule has 0 amide bonds. The summed E-state index contributed by atoms with van der Waals surface area (Å²) in [6, 6.07) is 1.63. The van der Waals surface area contributed by atoms with Crippen molar-refractivity contribution in [3.05, 3.63) is 16.3 Å². The first-order valence-electron chi connectivity index (χ1n) is 5.96. The Morgan fingerprint density at radius 3 is 2.50 bits per heavy atom. The van der Waals surface area contributed by atoms with Gasteiger partial charge >= 0.3 is 0 Å². The highest BCUT2D eigenvalue weighted by Gasteiger charge is 2.25. The molecule has 0 spiro atoms. The summed E-state index contributed by atoms with van der Waals surface area (Å²) >= 11 is 1.37. The Morgan fingerprint density at radius 2 is 2.06 bits per heavy atom. The molecule has 1 aromatic rings. The molecule has 0 aliphatic heterocycles. The third-order valence-electron chi connectivity index (χ3n) is 3.42. The molecule has 0 saturated heterocycles. The molecule has 1 aromatic heterocycles. The average Bonchev–Trinajstić information content (AvgIpc) is 2.75. The fourth-order valence-electron chi connectivity index (χ4n) is 1.18. The van der Waals surface area contributed by atoms with Crippen molar-refractivity contribution in [1.82, 2.24) is 4.72 Å². The summed E-state index contributed by atoms with van der Waals surface area (Å²) in [7, 11) is -3.41. The van der Waals surface area contributed by atoms with Crippen LogP contribution in [0.3, 0.4) is 0 Å². The molecule has 0 aliphatic rings. The second kappa shape index (κ2) is 5.69. The number of hydrogen-bond acceptors (Lipinski definition) is 4. The molecule has 6 heteroatoms. The van der Waals surface area contributed by atoms with E-state index in [9.17, 15) is 8.42 Å². The largest absolute Gasteiger partial charge is 0.326 e. The van der Waals surface area contributed by atoms with E-state index >= 15 is 0 Å². The van der Waals surface area contributed by atoms with Gasteiger partial charge in [0.15, 0.2) is 0 Å². The summed E-state index contributed by atoms with van der Waals surface area (Å²) in [5, 5.41) is 1.63. The third kappa shape index (κ3) is 3.78. The van der Waals surface area contributed by atoms with Crippen LogP contribution in [0.15, 0.2) is 16.3 Å². The van der Waals surface area contributed by atoms with Gasteiger partial charge in [0.1, 0.15) is 0 Å². The van der Waals surface area contributed by atoms with E-state index in [1.54, 1.807) is 11.4 Å². The van der Waals surface area contributed by atoms with Crippen molar-refractivity contribution in [2.75, 3.05) is 6.54 Å². The highest BCUT2D eigenvalue weighted by atomic mass is 32.2. The van der Waals surface area contributed by atoms with E-state index in [1.807, 2.05) is 0 Å². The first-order valence-corrected chi connectivity index (χ1v) is 8.32. The smallest absolute Gasteiger partial charge is 0.241 e. The van der Waals surface area contributed by atoms with Crippen molar-refractivity contribution in [2.24, 2.45) is 17.1 Å². The van der Waals surface area contributed by atoms with Gasteiger partial charge < -0.3 is 5.73 Å². The monoisotopic (exact) mass is 290 g/mol. The summed E-state index contributed by atoms with van der Waals surface area (Å²) < 4.78 is 26.8. The van der Waals surface area contributed by atoms with Crippen molar-refractivity contribution < 1.29 is 8.42 Å². The summed E-state index contributed by atoms with van der Waals surface area (Å²) in [6.45, 7) is 9.09. The summed E-state index contributed by atoms with van der Waals surface area (Å²) in [5.74, 6) is 0.405. The van der Waals surface area contributed by atoms with Gasteiger partial charge in [-0.05, 0) is 17.4 Å². The quantitative estimate of drug-likeness (QED) is 0.843. The Morgan fingerprint density at radius 1 is 1.44 bits per heavy atom. The van der Waals surface area contributed by atoms with Crippen molar-refractivity contribution in [1.29, 1.82) is 0 Å². The zero-order valence-corrected chi connectivity index (χ0v) is 13.0. The standard InChI is InChI=1S/C12H22N2O2S2/c1-9(2)12(3,4)8-14-18(15,16)11-5-10(6-13)17-7-11/h5,7,9,14H,6,8,13H2,1-4H3.